The van der Waals surface area contributed by atoms with E-state index in [2.05, 4.69) is 0 Å². The Labute approximate surface area is 90.2 Å². The van der Waals surface area contributed by atoms with Crippen LogP contribution in [0.1, 0.15) is 34.6 Å². The fourth-order valence-electron chi connectivity index (χ4n) is 1.57. The summed E-state index contributed by atoms with van der Waals surface area (Å²) in [6.07, 6.45) is 0. The third-order valence-electron chi connectivity index (χ3n) is 2.41. The molecule has 0 aromatic carbocycles. The molecule has 0 fully saturated rings. The standard InChI is InChI=1S/4C2H3O.C2H5.Pd/c4*1-2-3;1-2;/h4*1H3;1H2,2H3;. The van der Waals surface area contributed by atoms with Crippen molar-refractivity contribution in [2.24, 2.45) is 0 Å². The summed E-state index contributed by atoms with van der Waals surface area (Å²) >= 11 is -4.57. The van der Waals surface area contributed by atoms with E-state index < -0.39 is 31.3 Å². The fraction of sp³-hybridized carbons (Fsp3) is 0.600. The summed E-state index contributed by atoms with van der Waals surface area (Å²) in [6.45, 7) is 6.32. The Balaban J connectivity index is 6.39. The van der Waals surface area contributed by atoms with Crippen molar-refractivity contribution in [1.29, 1.82) is 0 Å². The number of hydrogen-bond donors (Lipinski definition) is 0. The van der Waals surface area contributed by atoms with Crippen LogP contribution in [-0.2, 0) is 33.5 Å². The summed E-state index contributed by atoms with van der Waals surface area (Å²) in [5.41, 5.74) is 0. The first-order valence-electron chi connectivity index (χ1n) is 4.38. The van der Waals surface area contributed by atoms with E-state index in [1.807, 2.05) is 0 Å². The van der Waals surface area contributed by atoms with Gasteiger partial charge in [0.25, 0.3) is 0 Å². The maximum atomic E-state index is 11.8. The van der Waals surface area contributed by atoms with Crippen molar-refractivity contribution < 1.29 is 33.5 Å². The first kappa shape index (κ1) is 14.3. The Morgan fingerprint density at radius 3 is 0.933 bits per heavy atom. The predicted molar refractivity (Wildman–Crippen MR) is 53.2 cm³/mol. The average molecular weight is 308 g/mol. The molecule has 0 atom stereocenters. The van der Waals surface area contributed by atoms with Crippen LogP contribution in [0.25, 0.3) is 0 Å². The minimum atomic E-state index is -4.57. The van der Waals surface area contributed by atoms with Crippen LogP contribution in [0.15, 0.2) is 0 Å². The topological polar surface area (TPSA) is 68.3 Å². The molecular formula is C10H17O4Pd. The molecule has 0 amide bonds. The Morgan fingerprint density at radius 1 is 0.733 bits per heavy atom. The summed E-state index contributed by atoms with van der Waals surface area (Å²) in [5.74, 6) is 0. The van der Waals surface area contributed by atoms with E-state index in [1.165, 1.54) is 27.7 Å². The van der Waals surface area contributed by atoms with Gasteiger partial charge in [-0.05, 0) is 0 Å². The van der Waals surface area contributed by atoms with E-state index in [1.54, 1.807) is 6.92 Å². The van der Waals surface area contributed by atoms with Crippen molar-refractivity contribution in [1.82, 2.24) is 0 Å². The molecule has 0 aliphatic heterocycles. The second-order valence-electron chi connectivity index (χ2n) is 2.85. The van der Waals surface area contributed by atoms with Crippen LogP contribution >= 0.6 is 0 Å². The van der Waals surface area contributed by atoms with Gasteiger partial charge in [-0.3, -0.25) is 0 Å². The molecule has 0 radical (unpaired) electrons. The van der Waals surface area contributed by atoms with Gasteiger partial charge in [0.2, 0.25) is 0 Å². The molecule has 5 heteroatoms. The van der Waals surface area contributed by atoms with Crippen molar-refractivity contribution in [3.8, 4) is 0 Å². The predicted octanol–water partition coefficient (Wildman–Crippen LogP) is 1.30. The molecule has 0 saturated heterocycles. The van der Waals surface area contributed by atoms with Crippen LogP contribution < -0.4 is 0 Å². The summed E-state index contributed by atoms with van der Waals surface area (Å²) < 4.78 is -2.11. The quantitative estimate of drug-likeness (QED) is 0.718. The van der Waals surface area contributed by atoms with E-state index in [9.17, 15) is 19.2 Å². The van der Waals surface area contributed by atoms with Crippen LogP contribution in [0.5, 0.6) is 0 Å². The molecule has 0 bridgehead atoms. The molecule has 0 N–H and O–H groups in total. The van der Waals surface area contributed by atoms with Gasteiger partial charge in [-0.2, -0.15) is 0 Å². The molecule has 4 nitrogen and oxygen atoms in total. The van der Waals surface area contributed by atoms with Gasteiger partial charge in [-0.1, -0.05) is 0 Å². The van der Waals surface area contributed by atoms with Gasteiger partial charge in [0.05, 0.1) is 0 Å². The average Bonchev–Trinajstić information content (AvgIpc) is 2.04. The Bertz CT molecular complexity index is 289. The Hall–Kier alpha value is -0.658. The monoisotopic (exact) mass is 307 g/mol. The molecular weight excluding hydrogens is 291 g/mol. The molecule has 0 aromatic heterocycles. The van der Waals surface area contributed by atoms with Gasteiger partial charge in [0, 0.05) is 0 Å². The van der Waals surface area contributed by atoms with E-state index in [-0.39, 0.29) is 4.89 Å². The SMILES string of the molecule is C[CH2][Pd]([C](C)=O)([C](C)=O)([C](C)=O)[C](C)=O. The zero-order valence-electron chi connectivity index (χ0n) is 9.66. The fourth-order valence-corrected chi connectivity index (χ4v) is 9.29. The zero-order valence-corrected chi connectivity index (χ0v) is 11.2. The van der Waals surface area contributed by atoms with E-state index in [4.69, 9.17) is 0 Å². The van der Waals surface area contributed by atoms with Gasteiger partial charge < -0.3 is 0 Å². The first-order valence-corrected chi connectivity index (χ1v) is 8.59. The molecule has 0 aliphatic rings. The van der Waals surface area contributed by atoms with Crippen molar-refractivity contribution in [3.05, 3.63) is 0 Å². The summed E-state index contributed by atoms with van der Waals surface area (Å²) in [6, 6.07) is 0. The normalized spacial score (nSPS) is 13.8. The minimum absolute atomic E-state index is 0.0459. The summed E-state index contributed by atoms with van der Waals surface area (Å²) in [4.78, 5) is 47.1. The number of carbonyl (C=O) groups excluding carboxylic acids is 4. The summed E-state index contributed by atoms with van der Waals surface area (Å²) in [7, 11) is 0. The summed E-state index contributed by atoms with van der Waals surface area (Å²) in [5, 5.41) is 0. The molecule has 0 heterocycles. The van der Waals surface area contributed by atoms with Crippen LogP contribution in [-0.4, -0.2) is 17.0 Å². The number of carbonyl (C=O) groups is 4. The van der Waals surface area contributed by atoms with Gasteiger partial charge in [0.1, 0.15) is 0 Å². The van der Waals surface area contributed by atoms with Gasteiger partial charge in [0.15, 0.2) is 0 Å². The van der Waals surface area contributed by atoms with Crippen molar-refractivity contribution in [3.63, 3.8) is 0 Å². The molecule has 91 valence electrons. The van der Waals surface area contributed by atoms with Crippen molar-refractivity contribution >= 4 is 17.0 Å². The third kappa shape index (κ3) is 1.37. The molecule has 0 aromatic rings. The van der Waals surface area contributed by atoms with Crippen LogP contribution in [0.2, 0.25) is 4.89 Å². The second-order valence-corrected chi connectivity index (χ2v) is 12.9. The van der Waals surface area contributed by atoms with Crippen molar-refractivity contribution in [2.45, 2.75) is 39.5 Å². The molecule has 15 heavy (non-hydrogen) atoms. The molecule has 0 rings (SSSR count). The van der Waals surface area contributed by atoms with E-state index in [0.29, 0.717) is 0 Å². The first-order chi connectivity index (χ1) is 6.67. The second kappa shape index (κ2) is 4.07. The van der Waals surface area contributed by atoms with E-state index in [0.717, 1.165) is 0 Å². The van der Waals surface area contributed by atoms with Gasteiger partial charge in [-0.25, -0.2) is 0 Å². The van der Waals surface area contributed by atoms with Gasteiger partial charge in [-0.15, -0.1) is 0 Å². The zero-order chi connectivity index (χ0) is 12.5. The molecule has 0 spiro atoms. The number of rotatable bonds is 5. The van der Waals surface area contributed by atoms with E-state index >= 15 is 0 Å². The molecule has 0 saturated carbocycles. The van der Waals surface area contributed by atoms with Gasteiger partial charge >= 0.3 is 90.0 Å². The Morgan fingerprint density at radius 2 is 0.933 bits per heavy atom. The van der Waals surface area contributed by atoms with Crippen LogP contribution in [0, 0.1) is 0 Å². The molecule has 0 unspecified atom stereocenters. The maximum absolute atomic E-state index is 11.8. The Kier molecular flexibility index (Phi) is 3.89. The number of hydrogen-bond acceptors (Lipinski definition) is 4. The van der Waals surface area contributed by atoms with Crippen LogP contribution in [0.4, 0.5) is 0 Å². The third-order valence-corrected chi connectivity index (χ3v) is 14.3. The van der Waals surface area contributed by atoms with Crippen molar-refractivity contribution in [2.75, 3.05) is 0 Å². The molecule has 0 aliphatic carbocycles. The van der Waals surface area contributed by atoms with Crippen LogP contribution in [0.3, 0.4) is 0 Å².